The molecule has 0 aliphatic heterocycles. The third-order valence-corrected chi connectivity index (χ3v) is 2.35. The molecule has 1 N–H and O–H groups in total. The fraction of sp³-hybridized carbons (Fsp3) is 0.455. The molecule has 1 rings (SSSR count). The van der Waals surface area contributed by atoms with E-state index in [2.05, 4.69) is 15.9 Å². The smallest absolute Gasteiger partial charge is 0.124 e. The van der Waals surface area contributed by atoms with E-state index in [4.69, 9.17) is 4.74 Å². The topological polar surface area (TPSA) is 29.5 Å². The first-order chi connectivity index (χ1) is 7.13. The summed E-state index contributed by atoms with van der Waals surface area (Å²) in [6, 6.07) is 4.34. The summed E-state index contributed by atoms with van der Waals surface area (Å²) in [5.74, 6) is -0.367. The number of aliphatic hydroxyl groups is 1. The summed E-state index contributed by atoms with van der Waals surface area (Å²) in [5.41, 5.74) is 0.526. The van der Waals surface area contributed by atoms with Gasteiger partial charge in [0.2, 0.25) is 0 Å². The van der Waals surface area contributed by atoms with Gasteiger partial charge in [0.1, 0.15) is 11.9 Å². The van der Waals surface area contributed by atoms with Crippen LogP contribution in [-0.2, 0) is 4.74 Å². The maximum absolute atomic E-state index is 13.0. The average Bonchev–Trinajstić information content (AvgIpc) is 2.16. The number of hydrogen-bond acceptors (Lipinski definition) is 2. The van der Waals surface area contributed by atoms with Gasteiger partial charge in [-0.3, -0.25) is 0 Å². The van der Waals surface area contributed by atoms with Crippen molar-refractivity contribution in [2.45, 2.75) is 19.4 Å². The number of rotatable bonds is 5. The molecule has 0 aromatic heterocycles. The fourth-order valence-electron chi connectivity index (χ4n) is 1.20. The monoisotopic (exact) mass is 276 g/mol. The quantitative estimate of drug-likeness (QED) is 0.838. The minimum absolute atomic E-state index is 0.198. The molecule has 0 aliphatic carbocycles. The summed E-state index contributed by atoms with van der Waals surface area (Å²) in [7, 11) is 0. The molecular weight excluding hydrogens is 263 g/mol. The van der Waals surface area contributed by atoms with Crippen LogP contribution in [0.15, 0.2) is 22.7 Å². The van der Waals surface area contributed by atoms with Crippen molar-refractivity contribution in [1.82, 2.24) is 0 Å². The van der Waals surface area contributed by atoms with Crippen LogP contribution in [-0.4, -0.2) is 18.3 Å². The predicted octanol–water partition coefficient (Wildman–Crippen LogP) is 3.05. The Hall–Kier alpha value is -0.450. The molecule has 2 nitrogen and oxygen atoms in total. The van der Waals surface area contributed by atoms with Crippen molar-refractivity contribution in [1.29, 1.82) is 0 Å². The third kappa shape index (κ3) is 4.28. The number of halogens is 2. The molecule has 1 aromatic carbocycles. The van der Waals surface area contributed by atoms with E-state index in [0.717, 1.165) is 6.42 Å². The zero-order valence-corrected chi connectivity index (χ0v) is 10.1. The summed E-state index contributed by atoms with van der Waals surface area (Å²) < 4.78 is 18.8. The molecule has 0 heterocycles. The van der Waals surface area contributed by atoms with Crippen LogP contribution in [0.1, 0.15) is 25.0 Å². The average molecular weight is 277 g/mol. The van der Waals surface area contributed by atoms with Gasteiger partial charge < -0.3 is 9.84 Å². The Balaban J connectivity index is 2.60. The minimum Gasteiger partial charge on any atom is -0.386 e. The third-order valence-electron chi connectivity index (χ3n) is 1.89. The molecule has 15 heavy (non-hydrogen) atoms. The van der Waals surface area contributed by atoms with Crippen LogP contribution in [0, 0.1) is 5.82 Å². The summed E-state index contributed by atoms with van der Waals surface area (Å²) in [5, 5.41) is 9.68. The molecule has 1 aromatic rings. The van der Waals surface area contributed by atoms with Gasteiger partial charge in [-0.15, -0.1) is 0 Å². The van der Waals surface area contributed by atoms with E-state index >= 15 is 0 Å². The molecule has 1 unspecified atom stereocenters. The first kappa shape index (κ1) is 12.6. The van der Waals surface area contributed by atoms with Gasteiger partial charge in [-0.05, 0) is 30.2 Å². The van der Waals surface area contributed by atoms with Crippen molar-refractivity contribution < 1.29 is 14.2 Å². The van der Waals surface area contributed by atoms with Crippen LogP contribution in [0.3, 0.4) is 0 Å². The molecule has 1 atom stereocenters. The molecule has 0 fully saturated rings. The lowest BCUT2D eigenvalue weighted by molar-refractivity contribution is 0.0362. The zero-order valence-electron chi connectivity index (χ0n) is 8.54. The van der Waals surface area contributed by atoms with Crippen molar-refractivity contribution in [2.75, 3.05) is 13.2 Å². The van der Waals surface area contributed by atoms with E-state index in [1.165, 1.54) is 12.1 Å². The summed E-state index contributed by atoms with van der Waals surface area (Å²) in [6.45, 7) is 2.79. The Morgan fingerprint density at radius 2 is 2.20 bits per heavy atom. The number of ether oxygens (including phenoxy) is 1. The van der Waals surface area contributed by atoms with Crippen molar-refractivity contribution in [3.63, 3.8) is 0 Å². The van der Waals surface area contributed by atoms with Gasteiger partial charge in [-0.1, -0.05) is 22.9 Å². The summed E-state index contributed by atoms with van der Waals surface area (Å²) in [6.07, 6.45) is 0.128. The van der Waals surface area contributed by atoms with E-state index in [1.54, 1.807) is 6.07 Å². The zero-order chi connectivity index (χ0) is 11.3. The fourth-order valence-corrected chi connectivity index (χ4v) is 1.69. The van der Waals surface area contributed by atoms with Crippen LogP contribution in [0.4, 0.5) is 4.39 Å². The number of hydrogen-bond donors (Lipinski definition) is 1. The summed E-state index contributed by atoms with van der Waals surface area (Å²) >= 11 is 3.17. The highest BCUT2D eigenvalue weighted by Gasteiger charge is 2.09. The Labute approximate surface area is 97.2 Å². The largest absolute Gasteiger partial charge is 0.386 e. The first-order valence-electron chi connectivity index (χ1n) is 4.85. The van der Waals surface area contributed by atoms with Crippen LogP contribution in [0.25, 0.3) is 0 Å². The Morgan fingerprint density at radius 3 is 2.80 bits per heavy atom. The highest BCUT2D eigenvalue weighted by molar-refractivity contribution is 9.10. The Kier molecular flexibility index (Phi) is 5.22. The second-order valence-corrected chi connectivity index (χ2v) is 4.21. The van der Waals surface area contributed by atoms with Crippen LogP contribution in [0.5, 0.6) is 0 Å². The first-order valence-corrected chi connectivity index (χ1v) is 5.64. The van der Waals surface area contributed by atoms with Crippen molar-refractivity contribution >= 4 is 15.9 Å². The molecule has 4 heteroatoms. The van der Waals surface area contributed by atoms with Crippen molar-refractivity contribution in [3.8, 4) is 0 Å². The molecule has 0 saturated heterocycles. The Bertz CT molecular complexity index is 297. The lowest BCUT2D eigenvalue weighted by Crippen LogP contribution is -2.08. The van der Waals surface area contributed by atoms with E-state index in [1.807, 2.05) is 6.92 Å². The van der Waals surface area contributed by atoms with E-state index < -0.39 is 6.10 Å². The normalized spacial score (nSPS) is 12.8. The maximum atomic E-state index is 13.0. The van der Waals surface area contributed by atoms with E-state index in [0.29, 0.717) is 16.6 Å². The minimum atomic E-state index is -0.774. The van der Waals surface area contributed by atoms with E-state index in [9.17, 15) is 9.50 Å². The summed E-state index contributed by atoms with van der Waals surface area (Å²) in [4.78, 5) is 0. The lowest BCUT2D eigenvalue weighted by Gasteiger charge is -2.11. The van der Waals surface area contributed by atoms with Crippen LogP contribution >= 0.6 is 15.9 Å². The molecule has 0 spiro atoms. The van der Waals surface area contributed by atoms with Crippen LogP contribution in [0.2, 0.25) is 0 Å². The molecule has 0 bridgehead atoms. The van der Waals surface area contributed by atoms with Gasteiger partial charge in [-0.25, -0.2) is 4.39 Å². The van der Waals surface area contributed by atoms with E-state index in [-0.39, 0.29) is 12.4 Å². The van der Waals surface area contributed by atoms with Gasteiger partial charge in [0.05, 0.1) is 6.61 Å². The second kappa shape index (κ2) is 6.20. The van der Waals surface area contributed by atoms with Gasteiger partial charge in [0.15, 0.2) is 0 Å². The predicted molar refractivity (Wildman–Crippen MR) is 60.2 cm³/mol. The van der Waals surface area contributed by atoms with Crippen LogP contribution < -0.4 is 0 Å². The molecule has 0 amide bonds. The molecule has 0 saturated carbocycles. The Morgan fingerprint density at radius 1 is 1.47 bits per heavy atom. The lowest BCUT2D eigenvalue weighted by atomic mass is 10.1. The molecule has 0 radical (unpaired) electrons. The highest BCUT2D eigenvalue weighted by Crippen LogP contribution is 2.20. The molecule has 84 valence electrons. The van der Waals surface area contributed by atoms with Crippen molar-refractivity contribution in [3.05, 3.63) is 34.1 Å². The SMILES string of the molecule is CCCOCC(O)c1cc(F)cc(Br)c1. The van der Waals surface area contributed by atoms with Crippen molar-refractivity contribution in [2.24, 2.45) is 0 Å². The van der Waals surface area contributed by atoms with Gasteiger partial charge in [0.25, 0.3) is 0 Å². The second-order valence-electron chi connectivity index (χ2n) is 3.29. The van der Waals surface area contributed by atoms with Gasteiger partial charge >= 0.3 is 0 Å². The number of benzene rings is 1. The van der Waals surface area contributed by atoms with Gasteiger partial charge in [0, 0.05) is 11.1 Å². The number of aliphatic hydroxyl groups excluding tert-OH is 1. The standard InChI is InChI=1S/C11H14BrFO2/c1-2-3-15-7-11(14)8-4-9(12)6-10(13)5-8/h4-6,11,14H,2-3,7H2,1H3. The molecule has 0 aliphatic rings. The van der Waals surface area contributed by atoms with Gasteiger partial charge in [-0.2, -0.15) is 0 Å². The molecular formula is C11H14BrFO2. The maximum Gasteiger partial charge on any atom is 0.124 e. The highest BCUT2D eigenvalue weighted by atomic mass is 79.9.